The van der Waals surface area contributed by atoms with Crippen molar-refractivity contribution in [3.05, 3.63) is 71.3 Å². The molecule has 0 spiro atoms. The number of likely N-dealkylation sites (N-methyl/N-ethyl adjacent to an activating group) is 1. The fourth-order valence-corrected chi connectivity index (χ4v) is 5.94. The molecule has 1 aromatic heterocycles. The number of halogens is 1. The molecule has 2 aliphatic rings. The number of piperazine rings is 1. The highest BCUT2D eigenvalue weighted by Gasteiger charge is 2.29. The van der Waals surface area contributed by atoms with Crippen molar-refractivity contribution in [3.8, 4) is 5.69 Å². The summed E-state index contributed by atoms with van der Waals surface area (Å²) in [6.45, 7) is 2.29. The molecule has 1 amide bonds. The Balaban J connectivity index is 1.36. The number of hydrogen-bond donors (Lipinski definition) is 1. The van der Waals surface area contributed by atoms with Crippen LogP contribution in [-0.4, -0.2) is 66.5 Å². The van der Waals surface area contributed by atoms with Crippen LogP contribution in [0.5, 0.6) is 0 Å². The maximum Gasteiger partial charge on any atom is 0.276 e. The SMILES string of the molecule is CN1CCN(S(=O)(=O)c2ccc(NC(=O)c3nn(-c4ccccc4F)c4c3CCC4)cc2)CC1. The average Bonchev–Trinajstić information content (AvgIpc) is 3.43. The predicted molar refractivity (Wildman–Crippen MR) is 126 cm³/mol. The molecule has 0 bridgehead atoms. The molecule has 5 rings (SSSR count). The van der Waals surface area contributed by atoms with Crippen molar-refractivity contribution < 1.29 is 17.6 Å². The number of fused-ring (bicyclic) bond motifs is 1. The van der Waals surface area contributed by atoms with Gasteiger partial charge in [-0.15, -0.1) is 0 Å². The van der Waals surface area contributed by atoms with Crippen LogP contribution in [0.4, 0.5) is 10.1 Å². The Labute approximate surface area is 198 Å². The van der Waals surface area contributed by atoms with Crippen molar-refractivity contribution in [2.24, 2.45) is 0 Å². The van der Waals surface area contributed by atoms with E-state index in [1.165, 1.54) is 27.2 Å². The number of carbonyl (C=O) groups is 1. The quantitative estimate of drug-likeness (QED) is 0.603. The van der Waals surface area contributed by atoms with Gasteiger partial charge in [0.25, 0.3) is 5.91 Å². The maximum atomic E-state index is 14.4. The van der Waals surface area contributed by atoms with Crippen molar-refractivity contribution in [2.45, 2.75) is 24.2 Å². The third-order valence-electron chi connectivity index (χ3n) is 6.44. The summed E-state index contributed by atoms with van der Waals surface area (Å²) in [5.74, 6) is -0.799. The lowest BCUT2D eigenvalue weighted by Gasteiger charge is -2.31. The molecule has 1 N–H and O–H groups in total. The van der Waals surface area contributed by atoms with Gasteiger partial charge in [-0.05, 0) is 62.7 Å². The van der Waals surface area contributed by atoms with Crippen LogP contribution in [0.2, 0.25) is 0 Å². The van der Waals surface area contributed by atoms with Crippen LogP contribution in [0, 0.1) is 5.82 Å². The van der Waals surface area contributed by atoms with E-state index in [1.807, 2.05) is 7.05 Å². The second-order valence-electron chi connectivity index (χ2n) is 8.68. The molecule has 178 valence electrons. The summed E-state index contributed by atoms with van der Waals surface area (Å²) in [6.07, 6.45) is 2.30. The zero-order chi connectivity index (χ0) is 23.9. The molecule has 1 saturated heterocycles. The molecule has 1 aliphatic heterocycles. The molecular formula is C24H26FN5O3S. The van der Waals surface area contributed by atoms with Crippen molar-refractivity contribution >= 4 is 21.6 Å². The number of hydrogen-bond acceptors (Lipinski definition) is 5. The number of sulfonamides is 1. The third kappa shape index (κ3) is 4.13. The molecule has 0 radical (unpaired) electrons. The minimum Gasteiger partial charge on any atom is -0.321 e. The largest absolute Gasteiger partial charge is 0.321 e. The Bertz CT molecular complexity index is 1330. The summed E-state index contributed by atoms with van der Waals surface area (Å²) >= 11 is 0. The van der Waals surface area contributed by atoms with Gasteiger partial charge in [0.05, 0.1) is 4.90 Å². The second-order valence-corrected chi connectivity index (χ2v) is 10.6. The molecule has 8 nitrogen and oxygen atoms in total. The summed E-state index contributed by atoms with van der Waals surface area (Å²) < 4.78 is 43.2. The van der Waals surface area contributed by atoms with Gasteiger partial charge in [0.15, 0.2) is 5.69 Å². The van der Waals surface area contributed by atoms with Gasteiger partial charge in [-0.3, -0.25) is 4.79 Å². The Morgan fingerprint density at radius 3 is 2.41 bits per heavy atom. The molecule has 0 saturated carbocycles. The lowest BCUT2D eigenvalue weighted by atomic mass is 10.2. The highest BCUT2D eigenvalue weighted by molar-refractivity contribution is 7.89. The average molecular weight is 484 g/mol. The van der Waals surface area contributed by atoms with Crippen LogP contribution >= 0.6 is 0 Å². The predicted octanol–water partition coefficient (Wildman–Crippen LogP) is 2.69. The molecule has 10 heteroatoms. The monoisotopic (exact) mass is 483 g/mol. The van der Waals surface area contributed by atoms with Gasteiger partial charge in [-0.1, -0.05) is 12.1 Å². The van der Waals surface area contributed by atoms with Crippen LogP contribution in [0.15, 0.2) is 53.4 Å². The summed E-state index contributed by atoms with van der Waals surface area (Å²) in [7, 11) is -1.61. The molecule has 0 unspecified atom stereocenters. The topological polar surface area (TPSA) is 87.5 Å². The first kappa shape index (κ1) is 22.7. The summed E-state index contributed by atoms with van der Waals surface area (Å²) in [6, 6.07) is 12.5. The van der Waals surface area contributed by atoms with Gasteiger partial charge in [0.1, 0.15) is 11.5 Å². The van der Waals surface area contributed by atoms with E-state index in [-0.39, 0.29) is 10.6 Å². The fraction of sp³-hybridized carbons (Fsp3) is 0.333. The number of benzene rings is 2. The number of nitrogens with one attached hydrogen (secondary N) is 1. The highest BCUT2D eigenvalue weighted by atomic mass is 32.2. The first-order valence-corrected chi connectivity index (χ1v) is 12.7. The number of aromatic nitrogens is 2. The highest BCUT2D eigenvalue weighted by Crippen LogP contribution is 2.29. The Morgan fingerprint density at radius 2 is 1.71 bits per heavy atom. The number of amides is 1. The van der Waals surface area contributed by atoms with Gasteiger partial charge in [0.2, 0.25) is 10.0 Å². The van der Waals surface area contributed by atoms with Crippen molar-refractivity contribution in [1.82, 2.24) is 19.0 Å². The van der Waals surface area contributed by atoms with E-state index in [0.717, 1.165) is 24.1 Å². The smallest absolute Gasteiger partial charge is 0.276 e. The molecule has 3 aromatic rings. The van der Waals surface area contributed by atoms with E-state index >= 15 is 0 Å². The summed E-state index contributed by atoms with van der Waals surface area (Å²) in [5, 5.41) is 7.25. The zero-order valence-corrected chi connectivity index (χ0v) is 19.7. The molecule has 34 heavy (non-hydrogen) atoms. The van der Waals surface area contributed by atoms with Crippen molar-refractivity contribution in [1.29, 1.82) is 0 Å². The van der Waals surface area contributed by atoms with E-state index < -0.39 is 21.7 Å². The molecular weight excluding hydrogens is 457 g/mol. The number of rotatable bonds is 5. The Morgan fingerprint density at radius 1 is 1.00 bits per heavy atom. The fourth-order valence-electron chi connectivity index (χ4n) is 4.52. The molecule has 1 fully saturated rings. The van der Waals surface area contributed by atoms with Gasteiger partial charge in [-0.2, -0.15) is 9.40 Å². The minimum atomic E-state index is -3.58. The van der Waals surface area contributed by atoms with Crippen molar-refractivity contribution in [2.75, 3.05) is 38.5 Å². The van der Waals surface area contributed by atoms with Gasteiger partial charge < -0.3 is 10.2 Å². The van der Waals surface area contributed by atoms with Gasteiger partial charge in [0, 0.05) is 43.1 Å². The number of anilines is 1. The lowest BCUT2D eigenvalue weighted by molar-refractivity contribution is 0.102. The van der Waals surface area contributed by atoms with Crippen LogP contribution in [0.3, 0.4) is 0 Å². The van der Waals surface area contributed by atoms with Gasteiger partial charge in [-0.25, -0.2) is 17.5 Å². The van der Waals surface area contributed by atoms with E-state index in [4.69, 9.17) is 0 Å². The normalized spacial score (nSPS) is 17.0. The first-order valence-electron chi connectivity index (χ1n) is 11.3. The number of carbonyl (C=O) groups excluding carboxylic acids is 1. The van der Waals surface area contributed by atoms with E-state index in [9.17, 15) is 17.6 Å². The molecule has 2 heterocycles. The Kier molecular flexibility index (Phi) is 5.97. The van der Waals surface area contributed by atoms with Crippen molar-refractivity contribution in [3.63, 3.8) is 0 Å². The third-order valence-corrected chi connectivity index (χ3v) is 8.35. The molecule has 0 atom stereocenters. The zero-order valence-electron chi connectivity index (χ0n) is 18.9. The standard InChI is InChI=1S/C24H26FN5O3S/c1-28-13-15-29(16-14-28)34(32,33)18-11-9-17(10-12-18)26-24(31)23-19-5-4-8-21(19)30(27-23)22-7-3-2-6-20(22)25/h2-3,6-7,9-12H,4-5,8,13-16H2,1H3,(H,26,31). The Hall–Kier alpha value is -3.08. The minimum absolute atomic E-state index is 0.194. The summed E-state index contributed by atoms with van der Waals surface area (Å²) in [5.41, 5.74) is 2.73. The summed E-state index contributed by atoms with van der Waals surface area (Å²) in [4.78, 5) is 15.3. The maximum absolute atomic E-state index is 14.4. The second kappa shape index (κ2) is 8.94. The van der Waals surface area contributed by atoms with Gasteiger partial charge >= 0.3 is 0 Å². The molecule has 2 aromatic carbocycles. The van der Waals surface area contributed by atoms with Crippen LogP contribution < -0.4 is 5.32 Å². The first-order chi connectivity index (χ1) is 16.3. The number of para-hydroxylation sites is 1. The number of nitrogens with zero attached hydrogens (tertiary/aromatic N) is 4. The van der Waals surface area contributed by atoms with E-state index in [1.54, 1.807) is 30.3 Å². The lowest BCUT2D eigenvalue weighted by Crippen LogP contribution is -2.46. The molecule has 1 aliphatic carbocycles. The van der Waals surface area contributed by atoms with Crippen LogP contribution in [0.25, 0.3) is 5.69 Å². The van der Waals surface area contributed by atoms with E-state index in [0.29, 0.717) is 44.0 Å². The van der Waals surface area contributed by atoms with Crippen LogP contribution in [0.1, 0.15) is 28.2 Å². The van der Waals surface area contributed by atoms with E-state index in [2.05, 4.69) is 15.3 Å². The van der Waals surface area contributed by atoms with Crippen LogP contribution in [-0.2, 0) is 22.9 Å².